The third kappa shape index (κ3) is 1.91. The molecule has 1 aromatic carbocycles. The van der Waals surface area contributed by atoms with Gasteiger partial charge in [0.15, 0.2) is 0 Å². The predicted octanol–water partition coefficient (Wildman–Crippen LogP) is 2.50. The van der Waals surface area contributed by atoms with E-state index in [1.54, 1.807) is 24.3 Å². The van der Waals surface area contributed by atoms with E-state index in [2.05, 4.69) is 0 Å². The van der Waals surface area contributed by atoms with Gasteiger partial charge >= 0.3 is 0 Å². The Morgan fingerprint density at radius 1 is 1.27 bits per heavy atom. The van der Waals surface area contributed by atoms with Crippen LogP contribution in [0.1, 0.15) is 11.1 Å². The molecule has 0 unspecified atom stereocenters. The highest BCUT2D eigenvalue weighted by atomic mass is 19.1. The molecule has 0 bridgehead atoms. The Hall–Kier alpha value is -1.62. The molecule has 0 atom stereocenters. The minimum Gasteiger partial charge on any atom is -0.216 e. The zero-order chi connectivity index (χ0) is 8.10. The van der Waals surface area contributed by atoms with Crippen LogP contribution >= 0.6 is 0 Å². The van der Waals surface area contributed by atoms with E-state index in [1.165, 1.54) is 6.08 Å². The second kappa shape index (κ2) is 3.52. The van der Waals surface area contributed by atoms with Crippen LogP contribution in [0.5, 0.6) is 0 Å². The normalized spacial score (nSPS) is 9.82. The number of halogens is 1. The van der Waals surface area contributed by atoms with E-state index in [0.29, 0.717) is 11.9 Å². The minimum absolute atomic E-state index is 0.474. The second-order valence-electron chi connectivity index (χ2n) is 2.03. The molecule has 0 saturated carbocycles. The van der Waals surface area contributed by atoms with Gasteiger partial charge in [-0.15, -0.1) is 0 Å². The number of rotatable bonds is 1. The van der Waals surface area contributed by atoms with Crippen LogP contribution in [-0.4, -0.2) is 0 Å². The molecule has 0 spiro atoms. The van der Waals surface area contributed by atoms with Crippen molar-refractivity contribution in [2.45, 2.75) is 0 Å². The van der Waals surface area contributed by atoms with Crippen molar-refractivity contribution >= 4 is 6.08 Å². The first-order chi connectivity index (χ1) is 5.36. The summed E-state index contributed by atoms with van der Waals surface area (Å²) in [6, 6.07) is 8.65. The van der Waals surface area contributed by atoms with Crippen LogP contribution < -0.4 is 0 Å². The third-order valence-electron chi connectivity index (χ3n) is 1.30. The molecule has 0 amide bonds. The lowest BCUT2D eigenvalue weighted by Crippen LogP contribution is -1.73. The molecule has 0 radical (unpaired) electrons. The van der Waals surface area contributed by atoms with E-state index in [9.17, 15) is 4.39 Å². The van der Waals surface area contributed by atoms with Crippen LogP contribution in [0, 0.1) is 11.3 Å². The van der Waals surface area contributed by atoms with Gasteiger partial charge in [-0.25, -0.2) is 4.39 Å². The van der Waals surface area contributed by atoms with Crippen molar-refractivity contribution in [2.24, 2.45) is 0 Å². The molecule has 1 aromatic rings. The average Bonchev–Trinajstić information content (AvgIpc) is 2.07. The predicted molar refractivity (Wildman–Crippen MR) is 41.3 cm³/mol. The van der Waals surface area contributed by atoms with Crippen molar-refractivity contribution in [3.63, 3.8) is 0 Å². The van der Waals surface area contributed by atoms with E-state index >= 15 is 0 Å². The Bertz CT molecular complexity index is 292. The summed E-state index contributed by atoms with van der Waals surface area (Å²) in [5.41, 5.74) is 1.34. The number of benzene rings is 1. The lowest BCUT2D eigenvalue weighted by Gasteiger charge is -1.90. The van der Waals surface area contributed by atoms with Gasteiger partial charge in [-0.2, -0.15) is 5.26 Å². The number of hydrogen-bond donors (Lipinski definition) is 0. The van der Waals surface area contributed by atoms with Crippen molar-refractivity contribution < 1.29 is 4.39 Å². The zero-order valence-corrected chi connectivity index (χ0v) is 5.79. The minimum atomic E-state index is 0.474. The third-order valence-corrected chi connectivity index (χ3v) is 1.30. The molecule has 0 heterocycles. The van der Waals surface area contributed by atoms with Crippen LogP contribution in [0.4, 0.5) is 4.39 Å². The van der Waals surface area contributed by atoms with Crippen LogP contribution in [0.2, 0.25) is 0 Å². The lowest BCUT2D eigenvalue weighted by atomic mass is 10.1. The van der Waals surface area contributed by atoms with Crippen molar-refractivity contribution in [2.75, 3.05) is 0 Å². The van der Waals surface area contributed by atoms with Gasteiger partial charge in [0, 0.05) is 0 Å². The first-order valence-electron chi connectivity index (χ1n) is 3.14. The van der Waals surface area contributed by atoms with Crippen molar-refractivity contribution in [3.8, 4) is 6.07 Å². The van der Waals surface area contributed by atoms with E-state index < -0.39 is 0 Å². The van der Waals surface area contributed by atoms with Gasteiger partial charge in [0.2, 0.25) is 0 Å². The molecule has 0 saturated heterocycles. The molecule has 0 aromatic heterocycles. The molecule has 1 rings (SSSR count). The quantitative estimate of drug-likeness (QED) is 0.598. The summed E-state index contributed by atoms with van der Waals surface area (Å²) in [5, 5.41) is 8.42. The first kappa shape index (κ1) is 7.49. The Kier molecular flexibility index (Phi) is 2.40. The van der Waals surface area contributed by atoms with Crippen molar-refractivity contribution in [1.29, 1.82) is 5.26 Å². The fraction of sp³-hybridized carbons (Fsp3) is 0. The summed E-state index contributed by atoms with van der Waals surface area (Å²) < 4.78 is 11.6. The van der Waals surface area contributed by atoms with E-state index in [-0.39, 0.29) is 0 Å². The monoisotopic (exact) mass is 147 g/mol. The van der Waals surface area contributed by atoms with Gasteiger partial charge in [-0.1, -0.05) is 12.1 Å². The second-order valence-corrected chi connectivity index (χ2v) is 2.03. The molecular weight excluding hydrogens is 141 g/mol. The van der Waals surface area contributed by atoms with Crippen LogP contribution in [0.15, 0.2) is 30.6 Å². The van der Waals surface area contributed by atoms with Gasteiger partial charge in [-0.05, 0) is 23.8 Å². The number of nitrogens with zero attached hydrogens (tertiary/aromatic N) is 1. The summed E-state index contributed by atoms with van der Waals surface area (Å²) in [7, 11) is 0. The maximum Gasteiger partial charge on any atom is 0.0991 e. The topological polar surface area (TPSA) is 23.8 Å². The smallest absolute Gasteiger partial charge is 0.0991 e. The molecule has 0 aliphatic heterocycles. The molecule has 0 aliphatic carbocycles. The summed E-state index contributed by atoms with van der Waals surface area (Å²) in [6.45, 7) is 0. The van der Waals surface area contributed by atoms with E-state index in [0.717, 1.165) is 5.56 Å². The Labute approximate surface area is 64.4 Å². The number of hydrogen-bond acceptors (Lipinski definition) is 1. The largest absolute Gasteiger partial charge is 0.216 e. The molecule has 0 N–H and O–H groups in total. The van der Waals surface area contributed by atoms with E-state index in [4.69, 9.17) is 5.26 Å². The fourth-order valence-corrected chi connectivity index (χ4v) is 0.742. The molecule has 1 nitrogen and oxygen atoms in total. The van der Waals surface area contributed by atoms with Crippen molar-refractivity contribution in [3.05, 3.63) is 41.7 Å². The van der Waals surface area contributed by atoms with Gasteiger partial charge in [0.25, 0.3) is 0 Å². The summed E-state index contributed by atoms with van der Waals surface area (Å²) >= 11 is 0. The lowest BCUT2D eigenvalue weighted by molar-refractivity contribution is 0.727. The van der Waals surface area contributed by atoms with Crippen LogP contribution in [0.25, 0.3) is 6.08 Å². The fourth-order valence-electron chi connectivity index (χ4n) is 0.742. The number of nitriles is 1. The highest BCUT2D eigenvalue weighted by Gasteiger charge is 1.87. The highest BCUT2D eigenvalue weighted by Crippen LogP contribution is 2.04. The van der Waals surface area contributed by atoms with Gasteiger partial charge in [-0.3, -0.25) is 0 Å². The molecule has 11 heavy (non-hydrogen) atoms. The Morgan fingerprint density at radius 2 is 1.91 bits per heavy atom. The Balaban J connectivity index is 2.94. The molecule has 54 valence electrons. The van der Waals surface area contributed by atoms with Gasteiger partial charge in [0.05, 0.1) is 18.0 Å². The summed E-state index contributed by atoms with van der Waals surface area (Å²) in [6.07, 6.45) is 1.81. The Morgan fingerprint density at radius 3 is 2.36 bits per heavy atom. The van der Waals surface area contributed by atoms with Gasteiger partial charge in [0.1, 0.15) is 0 Å². The molecular formula is C9H6FN. The average molecular weight is 147 g/mol. The molecule has 2 heteroatoms. The summed E-state index contributed by atoms with van der Waals surface area (Å²) in [5.74, 6) is 0. The zero-order valence-electron chi connectivity index (χ0n) is 5.79. The van der Waals surface area contributed by atoms with Crippen LogP contribution in [-0.2, 0) is 0 Å². The van der Waals surface area contributed by atoms with Crippen molar-refractivity contribution in [1.82, 2.24) is 0 Å². The van der Waals surface area contributed by atoms with Gasteiger partial charge < -0.3 is 0 Å². The SMILES string of the molecule is N#Cc1ccc(/C=C\F)cc1. The molecule has 0 fully saturated rings. The maximum atomic E-state index is 11.6. The molecule has 0 aliphatic rings. The van der Waals surface area contributed by atoms with E-state index in [1.807, 2.05) is 6.07 Å². The first-order valence-corrected chi connectivity index (χ1v) is 3.14. The highest BCUT2D eigenvalue weighted by molar-refractivity contribution is 5.49. The van der Waals surface area contributed by atoms with Crippen LogP contribution in [0.3, 0.4) is 0 Å². The summed E-state index contributed by atoms with van der Waals surface area (Å²) in [4.78, 5) is 0. The standard InChI is InChI=1S/C9H6FN/c10-6-5-8-1-3-9(7-11)4-2-8/h1-6H/b6-5-. The maximum absolute atomic E-state index is 11.6.